The van der Waals surface area contributed by atoms with Crippen LogP contribution in [0.3, 0.4) is 0 Å². The lowest BCUT2D eigenvalue weighted by molar-refractivity contribution is -0.115. The Morgan fingerprint density at radius 2 is 1.78 bits per heavy atom. The van der Waals surface area contributed by atoms with Crippen LogP contribution in [0.15, 0.2) is 47.5 Å². The first kappa shape index (κ1) is 36.7. The SMILES string of the molecule is CC.CC(=O)N=C(N)c1ccccc1.CCc1cc(C)cc(Cl)c1N.COCCCCC(C)CCNO. The van der Waals surface area contributed by atoms with Crippen molar-refractivity contribution in [2.75, 3.05) is 26.0 Å². The molecule has 0 aromatic heterocycles. The molecule has 0 radical (unpaired) electrons. The molecular formula is C29H49ClN4O3. The first-order valence-electron chi connectivity index (χ1n) is 13.0. The van der Waals surface area contributed by atoms with Crippen molar-refractivity contribution in [3.05, 3.63) is 64.2 Å². The molecule has 2 rings (SSSR count). The Morgan fingerprint density at radius 3 is 2.30 bits per heavy atom. The second kappa shape index (κ2) is 23.9. The van der Waals surface area contributed by atoms with Crippen molar-refractivity contribution in [3.63, 3.8) is 0 Å². The summed E-state index contributed by atoms with van der Waals surface area (Å²) in [6, 6.07) is 13.1. The third-order valence-corrected chi connectivity index (χ3v) is 5.44. The Hall–Kier alpha value is -2.45. The van der Waals surface area contributed by atoms with E-state index in [2.05, 4.69) is 30.4 Å². The van der Waals surface area contributed by atoms with Crippen LogP contribution in [0, 0.1) is 12.8 Å². The second-order valence-corrected chi connectivity index (χ2v) is 8.75. The molecule has 7 nitrogen and oxygen atoms in total. The number of nitrogens with one attached hydrogen (secondary N) is 1. The molecule has 37 heavy (non-hydrogen) atoms. The average molecular weight is 537 g/mol. The molecule has 2 aromatic rings. The maximum absolute atomic E-state index is 10.6. The molecule has 6 N–H and O–H groups in total. The standard InChI is InChI=1S/C9H12ClN.C9H10N2O.C9H21NO2.C2H6/c1-3-7-4-6(2)5-8(10)9(7)11;1-7(12)11-9(10)8-5-3-2-4-6-8;1-9(6-7-10-11)5-3-4-8-12-2;1-2/h4-5H,3,11H2,1-2H3;2-6H,1H3,(H2,10,11,12);9-11H,3-8H2,1-2H3;1-2H3. The highest BCUT2D eigenvalue weighted by Gasteiger charge is 2.02. The minimum absolute atomic E-state index is 0.267. The van der Waals surface area contributed by atoms with Crippen LogP contribution < -0.4 is 16.9 Å². The number of hydrogen-bond donors (Lipinski definition) is 4. The molecule has 0 aliphatic carbocycles. The zero-order chi connectivity index (χ0) is 28.6. The number of ether oxygens (including phenoxy) is 1. The molecule has 0 bridgehead atoms. The number of aryl methyl sites for hydroxylation is 2. The lowest BCUT2D eigenvalue weighted by Crippen LogP contribution is -2.14. The number of carbonyl (C=O) groups is 1. The van der Waals surface area contributed by atoms with Gasteiger partial charge in [-0.05, 0) is 49.3 Å². The minimum Gasteiger partial charge on any atom is -0.397 e. The number of carbonyl (C=O) groups excluding carboxylic acids is 1. The molecule has 0 spiro atoms. The molecule has 2 aromatic carbocycles. The summed E-state index contributed by atoms with van der Waals surface area (Å²) < 4.78 is 4.95. The largest absolute Gasteiger partial charge is 0.397 e. The van der Waals surface area contributed by atoms with Gasteiger partial charge >= 0.3 is 0 Å². The van der Waals surface area contributed by atoms with Crippen LogP contribution in [0.2, 0.25) is 5.02 Å². The van der Waals surface area contributed by atoms with Gasteiger partial charge in [-0.2, -0.15) is 4.99 Å². The van der Waals surface area contributed by atoms with Crippen molar-refractivity contribution in [2.45, 2.75) is 73.6 Å². The molecule has 1 amide bonds. The van der Waals surface area contributed by atoms with Gasteiger partial charge in [-0.1, -0.05) is 88.5 Å². The molecule has 0 saturated heterocycles. The summed E-state index contributed by atoms with van der Waals surface area (Å²) in [4.78, 5) is 14.2. The van der Waals surface area contributed by atoms with E-state index in [4.69, 9.17) is 33.0 Å². The van der Waals surface area contributed by atoms with Crippen molar-refractivity contribution in [1.29, 1.82) is 0 Å². The highest BCUT2D eigenvalue weighted by atomic mass is 35.5. The fourth-order valence-electron chi connectivity index (χ4n) is 3.16. The van der Waals surface area contributed by atoms with Gasteiger partial charge in [0.15, 0.2) is 0 Å². The molecule has 0 fully saturated rings. The topological polar surface area (TPSA) is 123 Å². The summed E-state index contributed by atoms with van der Waals surface area (Å²) in [5.74, 6) is 0.681. The number of rotatable bonds is 10. The van der Waals surface area contributed by atoms with Crippen LogP contribution in [0.4, 0.5) is 5.69 Å². The van der Waals surface area contributed by atoms with Crippen LogP contribution in [0.25, 0.3) is 0 Å². The van der Waals surface area contributed by atoms with E-state index in [-0.39, 0.29) is 11.7 Å². The van der Waals surface area contributed by atoms with Crippen molar-refractivity contribution >= 4 is 29.0 Å². The number of hydrogen-bond acceptors (Lipinski definition) is 5. The van der Waals surface area contributed by atoms with Crippen LogP contribution in [-0.2, 0) is 16.0 Å². The van der Waals surface area contributed by atoms with Crippen molar-refractivity contribution in [3.8, 4) is 0 Å². The van der Waals surface area contributed by atoms with Crippen LogP contribution in [0.1, 0.15) is 77.0 Å². The van der Waals surface area contributed by atoms with E-state index in [0.29, 0.717) is 17.5 Å². The zero-order valence-corrected chi connectivity index (χ0v) is 24.6. The maximum atomic E-state index is 10.6. The number of unbranched alkanes of at least 4 members (excludes halogenated alkanes) is 1. The van der Waals surface area contributed by atoms with E-state index in [0.717, 1.165) is 42.7 Å². The van der Waals surface area contributed by atoms with Crippen LogP contribution in [0.5, 0.6) is 0 Å². The Morgan fingerprint density at radius 1 is 1.16 bits per heavy atom. The van der Waals surface area contributed by atoms with Crippen LogP contribution >= 0.6 is 11.6 Å². The molecule has 1 unspecified atom stereocenters. The maximum Gasteiger partial charge on any atom is 0.244 e. The number of anilines is 1. The predicted octanol–water partition coefficient (Wildman–Crippen LogP) is 6.57. The number of amidine groups is 1. The van der Waals surface area contributed by atoms with E-state index in [1.165, 1.54) is 25.3 Å². The fourth-order valence-corrected chi connectivity index (χ4v) is 3.45. The van der Waals surface area contributed by atoms with E-state index in [9.17, 15) is 4.79 Å². The molecule has 8 heteroatoms. The quantitative estimate of drug-likeness (QED) is 0.0895. The lowest BCUT2D eigenvalue weighted by atomic mass is 10.0. The smallest absolute Gasteiger partial charge is 0.244 e. The summed E-state index contributed by atoms with van der Waals surface area (Å²) >= 11 is 5.87. The summed E-state index contributed by atoms with van der Waals surface area (Å²) in [7, 11) is 1.74. The molecule has 0 heterocycles. The number of aliphatic imine (C=N–C) groups is 1. The number of hydroxylamine groups is 1. The Bertz CT molecular complexity index is 877. The van der Waals surface area contributed by atoms with Gasteiger partial charge in [0.2, 0.25) is 5.91 Å². The summed E-state index contributed by atoms with van der Waals surface area (Å²) in [6.45, 7) is 13.2. The Balaban J connectivity index is 0. The van der Waals surface area contributed by atoms with Gasteiger partial charge in [0.05, 0.1) is 10.7 Å². The van der Waals surface area contributed by atoms with Crippen LogP contribution in [-0.4, -0.2) is 37.2 Å². The normalized spacial score (nSPS) is 11.1. The monoisotopic (exact) mass is 536 g/mol. The lowest BCUT2D eigenvalue weighted by Gasteiger charge is -2.09. The highest BCUT2D eigenvalue weighted by molar-refractivity contribution is 6.33. The Kier molecular flexibility index (Phi) is 23.7. The molecule has 0 aliphatic rings. The number of nitrogens with two attached hydrogens (primary N) is 2. The van der Waals surface area contributed by atoms with Crippen molar-refractivity contribution < 1.29 is 14.7 Å². The molecular weight excluding hydrogens is 488 g/mol. The number of nitrogens with zero attached hydrogens (tertiary/aromatic N) is 1. The number of nitrogen functional groups attached to an aromatic ring is 1. The van der Waals surface area contributed by atoms with Gasteiger partial charge in [-0.25, -0.2) is 5.48 Å². The van der Waals surface area contributed by atoms with E-state index >= 15 is 0 Å². The average Bonchev–Trinajstić information content (AvgIpc) is 2.89. The number of benzene rings is 2. The number of amides is 1. The summed E-state index contributed by atoms with van der Waals surface area (Å²) in [5.41, 5.74) is 17.2. The van der Waals surface area contributed by atoms with Gasteiger partial charge in [0.25, 0.3) is 0 Å². The summed E-state index contributed by atoms with van der Waals surface area (Å²) in [6.07, 6.45) is 5.58. The first-order chi connectivity index (χ1) is 17.7. The minimum atomic E-state index is -0.281. The third-order valence-electron chi connectivity index (χ3n) is 5.13. The summed E-state index contributed by atoms with van der Waals surface area (Å²) in [5, 5.41) is 9.02. The molecule has 0 saturated carbocycles. The number of halogens is 1. The van der Waals surface area contributed by atoms with Gasteiger partial charge < -0.3 is 21.4 Å². The van der Waals surface area contributed by atoms with Gasteiger partial charge in [-0.3, -0.25) is 4.79 Å². The predicted molar refractivity (Wildman–Crippen MR) is 158 cm³/mol. The Labute approximate surface area is 229 Å². The van der Waals surface area contributed by atoms with E-state index in [1.807, 2.05) is 57.2 Å². The van der Waals surface area contributed by atoms with E-state index < -0.39 is 0 Å². The number of methoxy groups -OCH3 is 1. The van der Waals surface area contributed by atoms with Gasteiger partial charge in [0.1, 0.15) is 5.84 Å². The zero-order valence-electron chi connectivity index (χ0n) is 23.8. The molecule has 210 valence electrons. The second-order valence-electron chi connectivity index (χ2n) is 8.35. The highest BCUT2D eigenvalue weighted by Crippen LogP contribution is 2.24. The van der Waals surface area contributed by atoms with Gasteiger partial charge in [-0.15, -0.1) is 0 Å². The van der Waals surface area contributed by atoms with Gasteiger partial charge in [0, 0.05) is 32.7 Å². The van der Waals surface area contributed by atoms with Crippen molar-refractivity contribution in [1.82, 2.24) is 5.48 Å². The fraction of sp³-hybridized carbons (Fsp3) is 0.517. The van der Waals surface area contributed by atoms with Crippen molar-refractivity contribution in [2.24, 2.45) is 16.6 Å². The first-order valence-corrected chi connectivity index (χ1v) is 13.3. The van der Waals surface area contributed by atoms with E-state index in [1.54, 1.807) is 7.11 Å². The molecule has 1 atom stereocenters. The molecule has 0 aliphatic heterocycles. The third kappa shape index (κ3) is 19.3.